The Kier molecular flexibility index (Phi) is 6.26. The van der Waals surface area contributed by atoms with Crippen molar-refractivity contribution in [1.82, 2.24) is 29.0 Å². The quantitative estimate of drug-likeness (QED) is 0.452. The number of nitrogens with one attached hydrogen (secondary N) is 1. The Bertz CT molecular complexity index is 1540. The molecular weight excluding hydrogens is 475 g/mol. The van der Waals surface area contributed by atoms with Crippen LogP contribution in [0.15, 0.2) is 46.5 Å². The molecule has 0 spiro atoms. The second-order valence-electron chi connectivity index (χ2n) is 8.69. The van der Waals surface area contributed by atoms with Crippen molar-refractivity contribution in [2.24, 2.45) is 7.05 Å². The van der Waals surface area contributed by atoms with E-state index in [1.807, 2.05) is 25.1 Å². The van der Waals surface area contributed by atoms with Gasteiger partial charge in [-0.3, -0.25) is 13.9 Å². The van der Waals surface area contributed by atoms with Crippen LogP contribution in [0.3, 0.4) is 0 Å². The first-order valence-corrected chi connectivity index (χ1v) is 11.6. The van der Waals surface area contributed by atoms with Crippen molar-refractivity contribution < 1.29 is 9.13 Å². The van der Waals surface area contributed by atoms with Gasteiger partial charge in [-0.1, -0.05) is 11.6 Å². The molecule has 0 radical (unpaired) electrons. The molecule has 9 nitrogen and oxygen atoms in total. The molecule has 1 aliphatic heterocycles. The van der Waals surface area contributed by atoms with Crippen molar-refractivity contribution in [2.75, 3.05) is 19.7 Å². The summed E-state index contributed by atoms with van der Waals surface area (Å²) in [6.45, 7) is 4.35. The molecule has 1 saturated heterocycles. The Balaban J connectivity index is 1.58. The lowest BCUT2D eigenvalue weighted by molar-refractivity contribution is 0.0292. The molecule has 4 heterocycles. The Hall–Kier alpha value is -3.34. The lowest BCUT2D eigenvalue weighted by Crippen LogP contribution is -2.39. The first-order chi connectivity index (χ1) is 16.8. The van der Waals surface area contributed by atoms with Gasteiger partial charge >= 0.3 is 5.69 Å². The normalized spacial score (nSPS) is 16.2. The van der Waals surface area contributed by atoms with Crippen LogP contribution in [0.4, 0.5) is 4.39 Å². The largest absolute Gasteiger partial charge is 0.375 e. The van der Waals surface area contributed by atoms with E-state index >= 15 is 0 Å². The van der Waals surface area contributed by atoms with Gasteiger partial charge in [0.15, 0.2) is 0 Å². The number of hydrogen-bond acceptors (Lipinski definition) is 6. The maximum Gasteiger partial charge on any atom is 0.331 e. The molecule has 3 aromatic heterocycles. The topological polar surface area (TPSA) is 95.5 Å². The minimum atomic E-state index is -0.991. The van der Waals surface area contributed by atoms with Crippen LogP contribution < -0.4 is 16.6 Å². The van der Waals surface area contributed by atoms with E-state index in [4.69, 9.17) is 16.3 Å². The summed E-state index contributed by atoms with van der Waals surface area (Å²) >= 11 is 6.44. The molecule has 5 rings (SSSR count). The Morgan fingerprint density at radius 1 is 1.26 bits per heavy atom. The highest BCUT2D eigenvalue weighted by Gasteiger charge is 2.21. The highest BCUT2D eigenvalue weighted by atomic mass is 35.5. The highest BCUT2D eigenvalue weighted by Crippen LogP contribution is 2.33. The third-order valence-electron chi connectivity index (χ3n) is 6.26. The third-order valence-corrected chi connectivity index (χ3v) is 6.47. The fraction of sp³-hybridized carbons (Fsp3) is 0.333. The molecule has 11 heteroatoms. The second kappa shape index (κ2) is 9.37. The van der Waals surface area contributed by atoms with Gasteiger partial charge in [0.25, 0.3) is 5.56 Å². The van der Waals surface area contributed by atoms with Crippen LogP contribution in [-0.4, -0.2) is 49.5 Å². The Labute approximate surface area is 204 Å². The van der Waals surface area contributed by atoms with Crippen molar-refractivity contribution in [3.05, 3.63) is 85.3 Å². The first-order valence-electron chi connectivity index (χ1n) is 11.2. The Morgan fingerprint density at radius 2 is 2.09 bits per heavy atom. The minimum absolute atomic E-state index is 0.0362. The highest BCUT2D eigenvalue weighted by molar-refractivity contribution is 6.31. The van der Waals surface area contributed by atoms with Gasteiger partial charge in [0.2, 0.25) is 5.82 Å². The van der Waals surface area contributed by atoms with E-state index in [2.05, 4.69) is 15.4 Å². The van der Waals surface area contributed by atoms with Gasteiger partial charge in [-0.2, -0.15) is 9.49 Å². The molecule has 1 aromatic carbocycles. The van der Waals surface area contributed by atoms with Gasteiger partial charge in [0.05, 0.1) is 36.7 Å². The third kappa shape index (κ3) is 4.52. The number of benzene rings is 1. The molecule has 1 atom stereocenters. The predicted octanol–water partition coefficient (Wildman–Crippen LogP) is 1.94. The monoisotopic (exact) mass is 498 g/mol. The SMILES string of the molecule is Cc1cc(Cl)cc(-c2ncnn3cc(Cn4cc(F)c(=O)n(C)c4=O)cc23)c1CC1CNCCO1. The van der Waals surface area contributed by atoms with Crippen molar-refractivity contribution in [3.8, 4) is 11.3 Å². The molecular formula is C24H24ClFN6O3. The molecule has 35 heavy (non-hydrogen) atoms. The van der Waals surface area contributed by atoms with Gasteiger partial charge in [0.1, 0.15) is 6.33 Å². The number of morpholine rings is 1. The van der Waals surface area contributed by atoms with Crippen LogP contribution in [0.1, 0.15) is 16.7 Å². The maximum atomic E-state index is 14.0. The Morgan fingerprint density at radius 3 is 2.86 bits per heavy atom. The van der Waals surface area contributed by atoms with Crippen LogP contribution in [0.2, 0.25) is 5.02 Å². The summed E-state index contributed by atoms with van der Waals surface area (Å²) in [6, 6.07) is 5.67. The molecule has 1 aliphatic rings. The van der Waals surface area contributed by atoms with Crippen LogP contribution in [0.5, 0.6) is 0 Å². The fourth-order valence-electron chi connectivity index (χ4n) is 4.51. The maximum absolute atomic E-state index is 14.0. The molecule has 4 aromatic rings. The lowest BCUT2D eigenvalue weighted by atomic mass is 9.94. The zero-order valence-electron chi connectivity index (χ0n) is 19.3. The molecule has 1 N–H and O–H groups in total. The van der Waals surface area contributed by atoms with E-state index in [-0.39, 0.29) is 12.6 Å². The van der Waals surface area contributed by atoms with Gasteiger partial charge in [-0.15, -0.1) is 0 Å². The number of rotatable bonds is 5. The molecule has 0 amide bonds. The number of nitrogens with zero attached hydrogens (tertiary/aromatic N) is 5. The number of halogens is 2. The van der Waals surface area contributed by atoms with E-state index in [9.17, 15) is 14.0 Å². The standard InChI is InChI=1S/C24H24ClFN6O3/c1-14-5-16(25)7-19(18(14)8-17-9-27-3-4-35-17)22-21-6-15(11-32(21)29-13-28-22)10-31-12-20(26)23(33)30(2)24(31)34/h5-7,11-13,17,27H,3-4,8-10H2,1-2H3. The van der Waals surface area contributed by atoms with E-state index in [1.165, 1.54) is 13.4 Å². The molecule has 1 fully saturated rings. The molecule has 1 unspecified atom stereocenters. The minimum Gasteiger partial charge on any atom is -0.375 e. The molecule has 0 saturated carbocycles. The van der Waals surface area contributed by atoms with Crippen LogP contribution in [-0.2, 0) is 24.8 Å². The van der Waals surface area contributed by atoms with Crippen molar-refractivity contribution in [1.29, 1.82) is 0 Å². The zero-order chi connectivity index (χ0) is 24.7. The average Bonchev–Trinajstić information content (AvgIpc) is 3.26. The number of aromatic nitrogens is 5. The van der Waals surface area contributed by atoms with Gasteiger partial charge in [0, 0.05) is 43.3 Å². The summed E-state index contributed by atoms with van der Waals surface area (Å²) in [5, 5.41) is 8.27. The van der Waals surface area contributed by atoms with Crippen molar-refractivity contribution in [3.63, 3.8) is 0 Å². The molecule has 0 bridgehead atoms. The summed E-state index contributed by atoms with van der Waals surface area (Å²) in [7, 11) is 1.25. The molecule has 0 aliphatic carbocycles. The second-order valence-corrected chi connectivity index (χ2v) is 9.12. The fourth-order valence-corrected chi connectivity index (χ4v) is 4.78. The smallest absolute Gasteiger partial charge is 0.331 e. The van der Waals surface area contributed by atoms with Gasteiger partial charge in [-0.25, -0.2) is 14.3 Å². The summed E-state index contributed by atoms with van der Waals surface area (Å²) in [6.07, 6.45) is 4.87. The first kappa shape index (κ1) is 23.4. The van der Waals surface area contributed by atoms with E-state index in [0.717, 1.165) is 45.1 Å². The van der Waals surface area contributed by atoms with Crippen LogP contribution in [0, 0.1) is 12.7 Å². The van der Waals surface area contributed by atoms with E-state index in [1.54, 1.807) is 10.7 Å². The zero-order valence-corrected chi connectivity index (χ0v) is 20.0. The van der Waals surface area contributed by atoms with E-state index in [0.29, 0.717) is 34.8 Å². The number of ether oxygens (including phenoxy) is 1. The molecule has 182 valence electrons. The van der Waals surface area contributed by atoms with Crippen molar-refractivity contribution in [2.45, 2.75) is 26.0 Å². The van der Waals surface area contributed by atoms with Gasteiger partial charge < -0.3 is 10.1 Å². The summed E-state index contributed by atoms with van der Waals surface area (Å²) in [5.41, 5.74) is 3.55. The van der Waals surface area contributed by atoms with Crippen molar-refractivity contribution >= 4 is 17.1 Å². The summed E-state index contributed by atoms with van der Waals surface area (Å²) < 4.78 is 23.5. The van der Waals surface area contributed by atoms with Gasteiger partial charge in [-0.05, 0) is 41.8 Å². The van der Waals surface area contributed by atoms with Crippen LogP contribution >= 0.6 is 11.6 Å². The number of hydrogen-bond donors (Lipinski definition) is 1. The summed E-state index contributed by atoms with van der Waals surface area (Å²) in [5.74, 6) is -0.991. The summed E-state index contributed by atoms with van der Waals surface area (Å²) in [4.78, 5) is 28.7. The van der Waals surface area contributed by atoms with E-state index < -0.39 is 17.1 Å². The number of aryl methyl sites for hydroxylation is 1. The average molecular weight is 499 g/mol. The van der Waals surface area contributed by atoms with Crippen LogP contribution in [0.25, 0.3) is 16.8 Å². The lowest BCUT2D eigenvalue weighted by Gasteiger charge is -2.25. The predicted molar refractivity (Wildman–Crippen MR) is 129 cm³/mol. The number of fused-ring (bicyclic) bond motifs is 1.